The van der Waals surface area contributed by atoms with Crippen LogP contribution in [0.2, 0.25) is 18.6 Å². The van der Waals surface area contributed by atoms with Crippen LogP contribution >= 0.6 is 0 Å². The number of fused-ring (bicyclic) bond motifs is 1. The molecule has 1 saturated heterocycles. The minimum atomic E-state index is -2.64. The van der Waals surface area contributed by atoms with E-state index in [1.165, 1.54) is 0 Å². The van der Waals surface area contributed by atoms with Crippen LogP contribution in [0.1, 0.15) is 30.9 Å². The van der Waals surface area contributed by atoms with Crippen LogP contribution in [0.3, 0.4) is 0 Å². The summed E-state index contributed by atoms with van der Waals surface area (Å²) in [7, 11) is -2.64. The van der Waals surface area contributed by atoms with E-state index < -0.39 is 8.32 Å². The van der Waals surface area contributed by atoms with Crippen LogP contribution in [0.5, 0.6) is 0 Å². The number of aryl methyl sites for hydroxylation is 1. The van der Waals surface area contributed by atoms with E-state index in [0.29, 0.717) is 11.9 Å². The van der Waals surface area contributed by atoms with Gasteiger partial charge in [-0.2, -0.15) is 0 Å². The maximum Gasteiger partial charge on any atom is 0.279 e. The van der Waals surface area contributed by atoms with Gasteiger partial charge in [0.05, 0.1) is 41.8 Å². The second-order valence-corrected chi connectivity index (χ2v) is 16.0. The van der Waals surface area contributed by atoms with Crippen molar-refractivity contribution in [1.82, 2.24) is 14.7 Å². The van der Waals surface area contributed by atoms with E-state index in [-0.39, 0.29) is 54.7 Å². The van der Waals surface area contributed by atoms with Crippen molar-refractivity contribution in [3.63, 3.8) is 0 Å². The monoisotopic (exact) mass is 587 g/mol. The van der Waals surface area contributed by atoms with Crippen LogP contribution in [0.4, 0.5) is 0 Å². The molecule has 0 bridgehead atoms. The van der Waals surface area contributed by atoms with Crippen molar-refractivity contribution in [3.05, 3.63) is 100 Å². The Morgan fingerprint density at radius 2 is 1.67 bits per heavy atom. The van der Waals surface area contributed by atoms with Crippen LogP contribution in [0.15, 0.2) is 83.7 Å². The van der Waals surface area contributed by atoms with Crippen molar-refractivity contribution in [1.29, 1.82) is 0 Å². The number of para-hydroxylation sites is 1. The number of nitrogens with one attached hydrogen (secondary N) is 1. The summed E-state index contributed by atoms with van der Waals surface area (Å²) < 4.78 is 8.10. The van der Waals surface area contributed by atoms with Crippen molar-refractivity contribution in [2.24, 2.45) is 5.92 Å². The molecule has 1 fully saturated rings. The van der Waals surface area contributed by atoms with Gasteiger partial charge in [0.1, 0.15) is 0 Å². The van der Waals surface area contributed by atoms with E-state index >= 15 is 0 Å². The Morgan fingerprint density at radius 3 is 2.33 bits per heavy atom. The number of aliphatic hydroxyl groups is 1. The highest BCUT2D eigenvalue weighted by molar-refractivity contribution is 6.71. The lowest BCUT2D eigenvalue weighted by atomic mass is 9.95. The van der Waals surface area contributed by atoms with Gasteiger partial charge in [-0.3, -0.25) is 14.7 Å². The number of amides is 1. The average molecular weight is 588 g/mol. The van der Waals surface area contributed by atoms with Gasteiger partial charge in [0.2, 0.25) is 5.91 Å². The van der Waals surface area contributed by atoms with Crippen molar-refractivity contribution >= 4 is 25.1 Å². The third-order valence-corrected chi connectivity index (χ3v) is 11.1. The number of carbonyl (C=O) groups excluding carboxylic acids is 1. The van der Waals surface area contributed by atoms with Gasteiger partial charge in [-0.1, -0.05) is 61.5 Å². The Morgan fingerprint density at radius 1 is 0.976 bits per heavy atom. The van der Waals surface area contributed by atoms with E-state index in [0.717, 1.165) is 35.2 Å². The Kier molecular flexibility index (Phi) is 9.13. The van der Waals surface area contributed by atoms with Gasteiger partial charge in [0.15, 0.2) is 8.32 Å². The first-order valence-corrected chi connectivity index (χ1v) is 17.8. The minimum Gasteiger partial charge on any atom is -0.432 e. The Balaban J connectivity index is 1.25. The molecule has 4 aromatic rings. The first-order valence-electron chi connectivity index (χ1n) is 14.7. The van der Waals surface area contributed by atoms with Crippen LogP contribution in [0.25, 0.3) is 16.6 Å². The number of hydrogen-bond donors (Lipinski definition) is 3. The summed E-state index contributed by atoms with van der Waals surface area (Å²) in [6.07, 6.45) is 1.29. The molecule has 42 heavy (non-hydrogen) atoms. The van der Waals surface area contributed by atoms with Crippen molar-refractivity contribution < 1.29 is 19.4 Å². The van der Waals surface area contributed by atoms with Gasteiger partial charge in [-0.15, -0.1) is 0 Å². The quantitative estimate of drug-likeness (QED) is 0.222. The molecule has 0 saturated carbocycles. The van der Waals surface area contributed by atoms with Crippen LogP contribution in [0, 0.1) is 5.92 Å². The first kappa shape index (κ1) is 30.0. The number of aliphatic hydroxyl groups excluding tert-OH is 1. The molecule has 2 heterocycles. The molecule has 1 aliphatic rings. The summed E-state index contributed by atoms with van der Waals surface area (Å²) in [5, 5.41) is 13.4. The minimum absolute atomic E-state index is 0.0724. The number of carbonyl (C=O) groups is 1. The highest BCUT2D eigenvalue weighted by Gasteiger charge is 2.50. The third kappa shape index (κ3) is 6.60. The molecular weight excluding hydrogens is 546 g/mol. The fraction of sp³-hybridized carbons (Fsp3) is 0.394. The summed E-state index contributed by atoms with van der Waals surface area (Å²) in [6.45, 7) is 6.56. The number of H-pyrrole nitrogens is 1. The van der Waals surface area contributed by atoms with Gasteiger partial charge >= 0.3 is 0 Å². The van der Waals surface area contributed by atoms with Crippen molar-refractivity contribution in [3.8, 4) is 5.69 Å². The predicted molar refractivity (Wildman–Crippen MR) is 167 cm³/mol. The molecule has 1 aliphatic heterocycles. The molecule has 5 rings (SSSR count). The van der Waals surface area contributed by atoms with Crippen LogP contribution in [-0.2, 0) is 22.5 Å². The van der Waals surface area contributed by atoms with Gasteiger partial charge in [0.25, 0.3) is 5.56 Å². The Hall–Kier alpha value is -3.50. The number of rotatable bonds is 11. The largest absolute Gasteiger partial charge is 0.432 e. The van der Waals surface area contributed by atoms with Gasteiger partial charge in [-0.05, 0) is 67.2 Å². The SMILES string of the molecule is C[C@@H]1[C@@H]([Si](C)(C)O)[C@H](CC(=O)N(CCO)Cc2ccccc2)O[C@@H]1CCc1ccc(-n2[nH]c3ccccc3c2=O)cc1. The molecule has 4 atom stereocenters. The number of benzene rings is 3. The molecule has 8 nitrogen and oxygen atoms in total. The number of aromatic nitrogens is 2. The molecule has 0 aliphatic carbocycles. The van der Waals surface area contributed by atoms with E-state index in [4.69, 9.17) is 4.74 Å². The zero-order chi connectivity index (χ0) is 29.9. The standard InChI is InChI=1S/C33H41N3O5Si/c1-23-29(18-15-24-13-16-26(17-14-24)36-33(39)27-11-7-8-12-28(27)34-36)41-30(32(23)42(2,3)40)21-31(38)35(19-20-37)22-25-9-5-4-6-10-25/h4-14,16-17,23,29-30,32,34,37,40H,15,18-22H2,1-3H3/t23-,29+,30-,32+/m0/s1. The molecule has 222 valence electrons. The molecule has 0 spiro atoms. The van der Waals surface area contributed by atoms with E-state index in [9.17, 15) is 19.5 Å². The zero-order valence-electron chi connectivity index (χ0n) is 24.6. The average Bonchev–Trinajstić information content (AvgIpc) is 3.48. The summed E-state index contributed by atoms with van der Waals surface area (Å²) >= 11 is 0. The van der Waals surface area contributed by atoms with E-state index in [1.807, 2.05) is 92.0 Å². The maximum absolute atomic E-state index is 13.4. The van der Waals surface area contributed by atoms with E-state index in [2.05, 4.69) is 12.0 Å². The number of ether oxygens (including phenoxy) is 1. The normalized spacial score (nSPS) is 20.7. The number of hydrogen-bond acceptors (Lipinski definition) is 5. The van der Waals surface area contributed by atoms with Crippen LogP contribution in [-0.4, -0.2) is 64.2 Å². The summed E-state index contributed by atoms with van der Waals surface area (Å²) in [5.74, 6) is 0.0379. The van der Waals surface area contributed by atoms with Crippen molar-refractivity contribution in [2.45, 2.75) is 63.6 Å². The lowest BCUT2D eigenvalue weighted by Gasteiger charge is -2.31. The second-order valence-electron chi connectivity index (χ2n) is 12.0. The number of aromatic amines is 1. The fourth-order valence-electron chi connectivity index (χ4n) is 6.49. The van der Waals surface area contributed by atoms with E-state index in [1.54, 1.807) is 9.58 Å². The Bertz CT molecular complexity index is 1540. The molecule has 3 aromatic carbocycles. The number of nitrogens with zero attached hydrogens (tertiary/aromatic N) is 2. The van der Waals surface area contributed by atoms with Gasteiger partial charge < -0.3 is 19.5 Å². The topological polar surface area (TPSA) is 108 Å². The van der Waals surface area contributed by atoms with Crippen molar-refractivity contribution in [2.75, 3.05) is 13.2 Å². The summed E-state index contributed by atoms with van der Waals surface area (Å²) in [5.41, 5.74) is 3.57. The highest BCUT2D eigenvalue weighted by atomic mass is 28.4. The predicted octanol–water partition coefficient (Wildman–Crippen LogP) is 4.63. The molecule has 3 N–H and O–H groups in total. The second kappa shape index (κ2) is 12.8. The molecule has 9 heteroatoms. The third-order valence-electron chi connectivity index (χ3n) is 8.54. The first-order chi connectivity index (χ1) is 20.2. The zero-order valence-corrected chi connectivity index (χ0v) is 25.6. The molecule has 1 aromatic heterocycles. The molecular formula is C33H41N3O5Si. The molecule has 0 unspecified atom stereocenters. The smallest absolute Gasteiger partial charge is 0.279 e. The lowest BCUT2D eigenvalue weighted by molar-refractivity contribution is -0.135. The molecule has 0 radical (unpaired) electrons. The maximum atomic E-state index is 13.4. The Labute approximate surface area is 247 Å². The lowest BCUT2D eigenvalue weighted by Crippen LogP contribution is -2.42. The van der Waals surface area contributed by atoms with Gasteiger partial charge in [0, 0.05) is 18.6 Å². The highest BCUT2D eigenvalue weighted by Crippen LogP contribution is 2.45. The summed E-state index contributed by atoms with van der Waals surface area (Å²) in [4.78, 5) is 39.1. The summed E-state index contributed by atoms with van der Waals surface area (Å²) in [6, 6.07) is 25.2. The van der Waals surface area contributed by atoms with Crippen LogP contribution < -0.4 is 5.56 Å². The van der Waals surface area contributed by atoms with Gasteiger partial charge in [-0.25, -0.2) is 4.68 Å². The fourth-order valence-corrected chi connectivity index (χ4v) is 9.09. The molecule has 1 amide bonds.